The van der Waals surface area contributed by atoms with Gasteiger partial charge in [0.25, 0.3) is 0 Å². The third-order valence-corrected chi connectivity index (χ3v) is 3.91. The lowest BCUT2D eigenvalue weighted by atomic mass is 10.0. The number of anilines is 2. The van der Waals surface area contributed by atoms with E-state index in [4.69, 9.17) is 5.73 Å². The number of benzene rings is 1. The third kappa shape index (κ3) is 2.70. The predicted octanol–water partition coefficient (Wildman–Crippen LogP) is 1.65. The van der Waals surface area contributed by atoms with E-state index in [2.05, 4.69) is 26.0 Å². The Morgan fingerprint density at radius 3 is 2.39 bits per heavy atom. The Balaban J connectivity index is 2.08. The highest BCUT2D eigenvalue weighted by atomic mass is 16.3. The Morgan fingerprint density at radius 2 is 1.83 bits per heavy atom. The zero-order valence-electron chi connectivity index (χ0n) is 11.6. The summed E-state index contributed by atoms with van der Waals surface area (Å²) in [5.41, 5.74) is 7.70. The normalized spacial score (nSPS) is 18.1. The number of quaternary nitrogens is 1. The fourth-order valence-electron chi connectivity index (χ4n) is 2.69. The van der Waals surface area contributed by atoms with Crippen molar-refractivity contribution in [3.8, 4) is 5.75 Å². The average molecular weight is 250 g/mol. The maximum atomic E-state index is 9.56. The van der Waals surface area contributed by atoms with Crippen molar-refractivity contribution in [1.82, 2.24) is 0 Å². The van der Waals surface area contributed by atoms with Crippen molar-refractivity contribution in [1.29, 1.82) is 0 Å². The molecule has 1 fully saturated rings. The Morgan fingerprint density at radius 1 is 1.22 bits per heavy atom. The minimum Gasteiger partial charge on any atom is -0.508 e. The molecule has 0 atom stereocenters. The van der Waals surface area contributed by atoms with Crippen LogP contribution >= 0.6 is 0 Å². The van der Waals surface area contributed by atoms with Gasteiger partial charge in [-0.05, 0) is 12.1 Å². The van der Waals surface area contributed by atoms with Gasteiger partial charge in [-0.25, -0.2) is 0 Å². The number of hydrogen-bond acceptors (Lipinski definition) is 3. The highest BCUT2D eigenvalue weighted by Gasteiger charge is 2.29. The number of phenolic OH excluding ortho intramolecular Hbond substituents is 1. The molecule has 0 aromatic heterocycles. The SMILES string of the molecule is C[N+](C)(C)C1CCN(c2cc(O)ccc2N)CC1. The molecule has 100 valence electrons. The maximum Gasteiger partial charge on any atom is 0.117 e. The Hall–Kier alpha value is -1.42. The van der Waals surface area contributed by atoms with E-state index in [0.717, 1.165) is 28.9 Å². The highest BCUT2D eigenvalue weighted by Crippen LogP contribution is 2.30. The van der Waals surface area contributed by atoms with Crippen LogP contribution in [-0.2, 0) is 0 Å². The van der Waals surface area contributed by atoms with Gasteiger partial charge in [-0.2, -0.15) is 0 Å². The molecule has 0 unspecified atom stereocenters. The Kier molecular flexibility index (Phi) is 3.39. The van der Waals surface area contributed by atoms with Gasteiger partial charge >= 0.3 is 0 Å². The molecule has 2 rings (SSSR count). The number of nitrogens with two attached hydrogens (primary N) is 1. The summed E-state index contributed by atoms with van der Waals surface area (Å²) in [5.74, 6) is 0.285. The minimum atomic E-state index is 0.285. The second-order valence-electron chi connectivity index (χ2n) is 6.08. The van der Waals surface area contributed by atoms with Crippen LogP contribution in [0.4, 0.5) is 11.4 Å². The van der Waals surface area contributed by atoms with E-state index >= 15 is 0 Å². The number of aromatic hydroxyl groups is 1. The molecule has 1 aromatic carbocycles. The molecular formula is C14H24N3O+. The van der Waals surface area contributed by atoms with Crippen LogP contribution in [0, 0.1) is 0 Å². The first-order chi connectivity index (χ1) is 8.38. The molecule has 0 radical (unpaired) electrons. The van der Waals surface area contributed by atoms with E-state index in [1.165, 1.54) is 12.8 Å². The zero-order valence-corrected chi connectivity index (χ0v) is 11.6. The molecule has 18 heavy (non-hydrogen) atoms. The summed E-state index contributed by atoms with van der Waals surface area (Å²) < 4.78 is 1.02. The van der Waals surface area contributed by atoms with E-state index in [1.807, 2.05) is 0 Å². The molecule has 0 amide bonds. The van der Waals surface area contributed by atoms with E-state index in [9.17, 15) is 5.11 Å². The number of phenols is 1. The molecular weight excluding hydrogens is 226 g/mol. The van der Waals surface area contributed by atoms with Crippen molar-refractivity contribution >= 4 is 11.4 Å². The first-order valence-corrected chi connectivity index (χ1v) is 6.52. The molecule has 4 nitrogen and oxygen atoms in total. The van der Waals surface area contributed by atoms with Crippen LogP contribution in [0.1, 0.15) is 12.8 Å². The van der Waals surface area contributed by atoms with Crippen LogP contribution in [0.3, 0.4) is 0 Å². The first-order valence-electron chi connectivity index (χ1n) is 6.52. The number of piperidine rings is 1. The number of nitrogen functional groups attached to an aromatic ring is 1. The quantitative estimate of drug-likeness (QED) is 0.477. The van der Waals surface area contributed by atoms with Gasteiger partial charge in [0, 0.05) is 32.0 Å². The summed E-state index contributed by atoms with van der Waals surface area (Å²) in [6.07, 6.45) is 2.33. The van der Waals surface area contributed by atoms with Crippen LogP contribution in [0.25, 0.3) is 0 Å². The first kappa shape index (κ1) is 13.0. The van der Waals surface area contributed by atoms with Gasteiger partial charge < -0.3 is 20.2 Å². The van der Waals surface area contributed by atoms with E-state index < -0.39 is 0 Å². The maximum absolute atomic E-state index is 9.56. The van der Waals surface area contributed by atoms with Gasteiger partial charge in [-0.1, -0.05) is 0 Å². The molecule has 1 aromatic rings. The van der Waals surface area contributed by atoms with Crippen molar-refractivity contribution in [2.75, 3.05) is 44.9 Å². The molecule has 0 spiro atoms. The fraction of sp³-hybridized carbons (Fsp3) is 0.571. The fourth-order valence-corrected chi connectivity index (χ4v) is 2.69. The summed E-state index contributed by atoms with van der Waals surface area (Å²) in [5, 5.41) is 9.56. The minimum absolute atomic E-state index is 0.285. The van der Waals surface area contributed by atoms with Gasteiger partial charge in [0.2, 0.25) is 0 Å². The summed E-state index contributed by atoms with van der Waals surface area (Å²) in [7, 11) is 6.76. The monoisotopic (exact) mass is 250 g/mol. The summed E-state index contributed by atoms with van der Waals surface area (Å²) in [6, 6.07) is 5.88. The topological polar surface area (TPSA) is 49.5 Å². The predicted molar refractivity (Wildman–Crippen MR) is 75.8 cm³/mol. The van der Waals surface area contributed by atoms with Crippen molar-refractivity contribution in [3.63, 3.8) is 0 Å². The van der Waals surface area contributed by atoms with Gasteiger partial charge in [-0.3, -0.25) is 0 Å². The molecule has 1 saturated heterocycles. The van der Waals surface area contributed by atoms with Crippen molar-refractivity contribution in [3.05, 3.63) is 18.2 Å². The largest absolute Gasteiger partial charge is 0.508 e. The van der Waals surface area contributed by atoms with Crippen molar-refractivity contribution < 1.29 is 9.59 Å². The van der Waals surface area contributed by atoms with E-state index in [0.29, 0.717) is 6.04 Å². The molecule has 4 heteroatoms. The molecule has 1 aliphatic heterocycles. The lowest BCUT2D eigenvalue weighted by Crippen LogP contribution is -2.51. The average Bonchev–Trinajstić information content (AvgIpc) is 2.31. The molecule has 3 N–H and O–H groups in total. The second-order valence-corrected chi connectivity index (χ2v) is 6.08. The summed E-state index contributed by atoms with van der Waals surface area (Å²) in [4.78, 5) is 2.28. The number of hydrogen-bond donors (Lipinski definition) is 2. The van der Waals surface area contributed by atoms with Gasteiger partial charge in [-0.15, -0.1) is 0 Å². The lowest BCUT2D eigenvalue weighted by Gasteiger charge is -2.41. The van der Waals surface area contributed by atoms with Gasteiger partial charge in [0.05, 0.1) is 38.6 Å². The zero-order chi connectivity index (χ0) is 13.3. The van der Waals surface area contributed by atoms with Crippen LogP contribution in [0.2, 0.25) is 0 Å². The van der Waals surface area contributed by atoms with Crippen LogP contribution in [0.5, 0.6) is 5.75 Å². The standard InChI is InChI=1S/C14H23N3O/c1-17(2,3)11-6-8-16(9-7-11)14-10-12(18)4-5-13(14)15/h4-5,10-11H,6-9,15H2,1-3H3/p+1. The molecule has 0 saturated carbocycles. The van der Waals surface area contributed by atoms with Crippen molar-refractivity contribution in [2.24, 2.45) is 0 Å². The lowest BCUT2D eigenvalue weighted by molar-refractivity contribution is -0.896. The van der Waals surface area contributed by atoms with Crippen LogP contribution < -0.4 is 10.6 Å². The van der Waals surface area contributed by atoms with Crippen LogP contribution in [-0.4, -0.2) is 49.9 Å². The third-order valence-electron chi connectivity index (χ3n) is 3.91. The second kappa shape index (κ2) is 4.69. The summed E-state index contributed by atoms with van der Waals surface area (Å²) >= 11 is 0. The Labute approximate surface area is 109 Å². The van der Waals surface area contributed by atoms with E-state index in [-0.39, 0.29) is 5.75 Å². The molecule has 0 aliphatic carbocycles. The highest BCUT2D eigenvalue weighted by molar-refractivity contribution is 5.69. The van der Waals surface area contributed by atoms with Crippen molar-refractivity contribution in [2.45, 2.75) is 18.9 Å². The Bertz CT molecular complexity index is 418. The molecule has 1 aliphatic rings. The number of rotatable bonds is 2. The van der Waals surface area contributed by atoms with Gasteiger partial charge in [0.1, 0.15) is 5.75 Å². The smallest absolute Gasteiger partial charge is 0.117 e. The summed E-state index contributed by atoms with van der Waals surface area (Å²) in [6.45, 7) is 2.02. The van der Waals surface area contributed by atoms with Crippen LogP contribution in [0.15, 0.2) is 18.2 Å². The van der Waals surface area contributed by atoms with E-state index in [1.54, 1.807) is 18.2 Å². The molecule has 1 heterocycles. The molecule has 0 bridgehead atoms. The van der Waals surface area contributed by atoms with Gasteiger partial charge in [0.15, 0.2) is 0 Å². The number of nitrogens with zero attached hydrogens (tertiary/aromatic N) is 2.